The number of guanidine groups is 1. The number of hydrogen-bond acceptors (Lipinski definition) is 4. The van der Waals surface area contributed by atoms with Crippen molar-refractivity contribution >= 4 is 35.8 Å². The summed E-state index contributed by atoms with van der Waals surface area (Å²) >= 11 is 0. The molecule has 9 heteroatoms. The molecule has 2 aromatic rings. The van der Waals surface area contributed by atoms with Crippen LogP contribution in [-0.4, -0.2) is 47.3 Å². The molecule has 0 fully saturated rings. The first-order chi connectivity index (χ1) is 12.2. The van der Waals surface area contributed by atoms with Gasteiger partial charge < -0.3 is 20.5 Å². The number of aryl methyl sites for hydroxylation is 1. The molecule has 1 aromatic carbocycles. The molecule has 2 rings (SSSR count). The van der Waals surface area contributed by atoms with Gasteiger partial charge in [0.1, 0.15) is 12.2 Å². The van der Waals surface area contributed by atoms with Gasteiger partial charge in [-0.1, -0.05) is 19.1 Å². The minimum atomic E-state index is -0.0926. The number of nitrogens with one attached hydrogen (secondary N) is 3. The average molecular weight is 471 g/mol. The van der Waals surface area contributed by atoms with Crippen LogP contribution in [0.1, 0.15) is 28.7 Å². The molecule has 0 aliphatic rings. The minimum absolute atomic E-state index is 0. The van der Waals surface area contributed by atoms with Crippen molar-refractivity contribution in [2.45, 2.75) is 26.4 Å². The molecule has 0 bridgehead atoms. The Balaban J connectivity index is 0.00000338. The topological polar surface area (TPSA) is 96.2 Å². The molecule has 1 heterocycles. The highest BCUT2D eigenvalue weighted by Gasteiger charge is 2.05. The maximum atomic E-state index is 11.7. The fourth-order valence-corrected chi connectivity index (χ4v) is 2.41. The summed E-state index contributed by atoms with van der Waals surface area (Å²) in [5.41, 5.74) is 1.65. The lowest BCUT2D eigenvalue weighted by Crippen LogP contribution is -2.38. The van der Waals surface area contributed by atoms with Gasteiger partial charge >= 0.3 is 0 Å². The number of aliphatic imine (C=N–C) groups is 1. The van der Waals surface area contributed by atoms with Gasteiger partial charge in [0.25, 0.3) is 5.91 Å². The van der Waals surface area contributed by atoms with Crippen LogP contribution < -0.4 is 16.0 Å². The van der Waals surface area contributed by atoms with E-state index in [0.29, 0.717) is 24.6 Å². The molecule has 0 saturated heterocycles. The Bertz CT molecular complexity index is 729. The molecule has 0 aliphatic carbocycles. The molecule has 0 radical (unpaired) electrons. The Labute approximate surface area is 170 Å². The highest BCUT2D eigenvalue weighted by Crippen LogP contribution is 2.05. The third-order valence-corrected chi connectivity index (χ3v) is 3.76. The van der Waals surface area contributed by atoms with E-state index in [4.69, 9.17) is 0 Å². The molecular formula is C17H26IN7O. The number of hydrogen-bond donors (Lipinski definition) is 3. The van der Waals surface area contributed by atoms with Crippen LogP contribution in [0.5, 0.6) is 0 Å². The first-order valence-electron chi connectivity index (χ1n) is 8.30. The standard InChI is InChI=1S/C17H25N7O.HI/c1-4-15-23-22-12-24(15)9-8-20-17(19-3)21-11-13-6-5-7-14(10-13)16(25)18-2;/h5-7,10,12H,4,8-9,11H2,1-3H3,(H,18,25)(H2,19,20,21);1H. The van der Waals surface area contributed by atoms with Crippen LogP contribution in [0, 0.1) is 0 Å². The van der Waals surface area contributed by atoms with E-state index in [0.717, 1.165) is 24.4 Å². The van der Waals surface area contributed by atoms with Crippen LogP contribution in [0.2, 0.25) is 0 Å². The van der Waals surface area contributed by atoms with Crippen molar-refractivity contribution in [1.29, 1.82) is 0 Å². The molecule has 0 spiro atoms. The molecular weight excluding hydrogens is 445 g/mol. The number of amides is 1. The lowest BCUT2D eigenvalue weighted by molar-refractivity contribution is 0.0963. The van der Waals surface area contributed by atoms with Crippen LogP contribution in [-0.2, 0) is 19.5 Å². The summed E-state index contributed by atoms with van der Waals surface area (Å²) in [4.78, 5) is 15.9. The van der Waals surface area contributed by atoms with Crippen LogP contribution in [0.15, 0.2) is 35.6 Å². The molecule has 1 aromatic heterocycles. The van der Waals surface area contributed by atoms with Crippen molar-refractivity contribution in [3.8, 4) is 0 Å². The minimum Gasteiger partial charge on any atom is -0.355 e. The Morgan fingerprint density at radius 2 is 2.12 bits per heavy atom. The fraction of sp³-hybridized carbons (Fsp3) is 0.412. The molecule has 8 nitrogen and oxygen atoms in total. The summed E-state index contributed by atoms with van der Waals surface area (Å²) in [7, 11) is 3.35. The van der Waals surface area contributed by atoms with E-state index in [2.05, 4.69) is 38.1 Å². The Morgan fingerprint density at radius 3 is 2.81 bits per heavy atom. The zero-order chi connectivity index (χ0) is 18.1. The second-order valence-electron chi connectivity index (χ2n) is 5.43. The normalized spacial score (nSPS) is 10.8. The fourth-order valence-electron chi connectivity index (χ4n) is 2.41. The van der Waals surface area contributed by atoms with E-state index in [1.54, 1.807) is 26.5 Å². The van der Waals surface area contributed by atoms with Crippen molar-refractivity contribution in [3.63, 3.8) is 0 Å². The van der Waals surface area contributed by atoms with E-state index < -0.39 is 0 Å². The lowest BCUT2D eigenvalue weighted by Gasteiger charge is -2.13. The first-order valence-corrected chi connectivity index (χ1v) is 8.30. The second kappa shape index (κ2) is 11.4. The summed E-state index contributed by atoms with van der Waals surface area (Å²) in [6, 6.07) is 7.50. The summed E-state index contributed by atoms with van der Waals surface area (Å²) in [6.45, 7) is 4.12. The van der Waals surface area contributed by atoms with E-state index >= 15 is 0 Å². The molecule has 0 aliphatic heterocycles. The molecule has 3 N–H and O–H groups in total. The smallest absolute Gasteiger partial charge is 0.251 e. The molecule has 1 amide bonds. The summed E-state index contributed by atoms with van der Waals surface area (Å²) in [6.07, 6.45) is 2.59. The Hall–Kier alpha value is -2.17. The van der Waals surface area contributed by atoms with Gasteiger partial charge in [0.15, 0.2) is 5.96 Å². The number of halogens is 1. The molecule has 0 atom stereocenters. The monoisotopic (exact) mass is 471 g/mol. The van der Waals surface area contributed by atoms with Crippen LogP contribution in [0.25, 0.3) is 0 Å². The van der Waals surface area contributed by atoms with E-state index in [1.807, 2.05) is 22.8 Å². The number of rotatable bonds is 7. The number of carbonyl (C=O) groups excluding carboxylic acids is 1. The number of nitrogens with zero attached hydrogens (tertiary/aromatic N) is 4. The predicted octanol–water partition coefficient (Wildman–Crippen LogP) is 1.18. The number of benzene rings is 1. The third kappa shape index (κ3) is 6.28. The van der Waals surface area contributed by atoms with Gasteiger partial charge in [-0.3, -0.25) is 9.79 Å². The maximum absolute atomic E-state index is 11.7. The van der Waals surface area contributed by atoms with Crippen molar-refractivity contribution in [2.24, 2.45) is 4.99 Å². The Kier molecular flexibility index (Phi) is 9.63. The number of carbonyl (C=O) groups is 1. The predicted molar refractivity (Wildman–Crippen MR) is 113 cm³/mol. The van der Waals surface area contributed by atoms with Gasteiger partial charge in [-0.05, 0) is 17.7 Å². The van der Waals surface area contributed by atoms with Crippen molar-refractivity contribution in [3.05, 3.63) is 47.5 Å². The van der Waals surface area contributed by atoms with Crippen molar-refractivity contribution < 1.29 is 4.79 Å². The van der Waals surface area contributed by atoms with Gasteiger partial charge in [-0.2, -0.15) is 0 Å². The van der Waals surface area contributed by atoms with Crippen LogP contribution >= 0.6 is 24.0 Å². The first kappa shape index (κ1) is 21.9. The van der Waals surface area contributed by atoms with Crippen LogP contribution in [0.4, 0.5) is 0 Å². The highest BCUT2D eigenvalue weighted by atomic mass is 127. The lowest BCUT2D eigenvalue weighted by atomic mass is 10.1. The average Bonchev–Trinajstić information content (AvgIpc) is 3.11. The van der Waals surface area contributed by atoms with Gasteiger partial charge in [-0.15, -0.1) is 34.2 Å². The maximum Gasteiger partial charge on any atom is 0.251 e. The zero-order valence-electron chi connectivity index (χ0n) is 15.3. The second-order valence-corrected chi connectivity index (χ2v) is 5.43. The van der Waals surface area contributed by atoms with Crippen molar-refractivity contribution in [2.75, 3.05) is 20.6 Å². The largest absolute Gasteiger partial charge is 0.355 e. The highest BCUT2D eigenvalue weighted by molar-refractivity contribution is 14.0. The molecule has 0 saturated carbocycles. The SMILES string of the molecule is CCc1nncn1CCNC(=NC)NCc1cccc(C(=O)NC)c1.I. The van der Waals surface area contributed by atoms with Crippen molar-refractivity contribution in [1.82, 2.24) is 30.7 Å². The molecule has 0 unspecified atom stereocenters. The summed E-state index contributed by atoms with van der Waals surface area (Å²) in [5, 5.41) is 17.1. The van der Waals surface area contributed by atoms with E-state index in [1.165, 1.54) is 0 Å². The van der Waals surface area contributed by atoms with E-state index in [9.17, 15) is 4.79 Å². The molecule has 142 valence electrons. The van der Waals surface area contributed by atoms with Gasteiger partial charge in [0, 0.05) is 45.7 Å². The third-order valence-electron chi connectivity index (χ3n) is 3.76. The van der Waals surface area contributed by atoms with Gasteiger partial charge in [0.2, 0.25) is 0 Å². The van der Waals surface area contributed by atoms with Gasteiger partial charge in [-0.25, -0.2) is 0 Å². The summed E-state index contributed by atoms with van der Waals surface area (Å²) < 4.78 is 2.02. The molecule has 26 heavy (non-hydrogen) atoms. The van der Waals surface area contributed by atoms with Gasteiger partial charge in [0.05, 0.1) is 0 Å². The van der Waals surface area contributed by atoms with E-state index in [-0.39, 0.29) is 29.9 Å². The quantitative estimate of drug-likeness (QED) is 0.320. The number of aromatic nitrogens is 3. The Morgan fingerprint density at radius 1 is 1.31 bits per heavy atom. The van der Waals surface area contributed by atoms with Crippen LogP contribution in [0.3, 0.4) is 0 Å². The zero-order valence-corrected chi connectivity index (χ0v) is 17.7. The summed E-state index contributed by atoms with van der Waals surface area (Å²) in [5.74, 6) is 1.58.